The van der Waals surface area contributed by atoms with E-state index >= 15 is 0 Å². The van der Waals surface area contributed by atoms with Gasteiger partial charge in [0.15, 0.2) is 163 Å². The van der Waals surface area contributed by atoms with Crippen molar-refractivity contribution in [3.63, 3.8) is 0 Å². The molecule has 3 unspecified atom stereocenters. The Morgan fingerprint density at radius 2 is 0.369 bits per heavy atom. The highest BCUT2D eigenvalue weighted by Crippen LogP contribution is 2.41. The molecule has 11 aromatic rings. The molecule has 0 aliphatic carbocycles. The van der Waals surface area contributed by atoms with Gasteiger partial charge in [0.2, 0.25) is 23.3 Å². The predicted molar refractivity (Wildman–Crippen MR) is 451 cm³/mol. The second-order valence-corrected chi connectivity index (χ2v) is 30.9. The second-order valence-electron chi connectivity index (χ2n) is 30.9. The highest BCUT2D eigenvalue weighted by Gasteiger charge is 2.35. The SMILES string of the molecule is CCCCN(CC(C)CCC)c1ccc(F)cc1F.CCCCN(CC(C)CCC)c1ccc(F)cc1F.CCCCN(CC(C)CCC)c1ccc(F)cc1F.Fc1ccc(-c2c(F)c(F)c(F)c(F)c2F)c(F)c1F.Fc1ccc(-c2c(F)c(F)c(F)c(F)c2F)c(F)c1F.Fc1ccc(-c2c(F)c(F)c(F)c(F)c2F)c(F)c1F.Fc1ccc(-c2c(F)c(F)c(F)c(F)c2F)c(F)c1F.OB(O)O. The molecule has 0 heterocycles. The number of hydrogen-bond acceptors (Lipinski definition) is 6. The predicted octanol–water partition coefficient (Wildman–Crippen LogP) is 30.8. The molecule has 0 saturated carbocycles. The van der Waals surface area contributed by atoms with E-state index in [4.69, 9.17) is 15.1 Å². The van der Waals surface area contributed by atoms with E-state index < -0.39 is 273 Å². The molecule has 0 amide bonds. The molecule has 772 valence electrons. The molecular weight excluding hydrogens is 1980 g/mol. The molecule has 3 atom stereocenters. The standard InChI is InChI=1S/3C16H25F2N.4C12H2F8.BH3O3/c3*1-4-6-10-19(12-13(3)7-5-2)16-9-8-14(17)11-15(16)18;4*13-4-2-1-3(6(14)7(4)15)5-8(16)10(18)12(20)11(19)9(5)17;2-1(3)4/h3*8-9,11,13H,4-7,10,12H2,1-3H3;4*1-2H;2-4H. The third kappa shape index (κ3) is 32.1. The van der Waals surface area contributed by atoms with Crippen LogP contribution in [0.2, 0.25) is 0 Å². The van der Waals surface area contributed by atoms with Crippen LogP contribution < -0.4 is 14.7 Å². The van der Waals surface area contributed by atoms with Gasteiger partial charge in [0.25, 0.3) is 0 Å². The normalized spacial score (nSPS) is 11.5. The largest absolute Gasteiger partial charge is 0.631 e. The van der Waals surface area contributed by atoms with Crippen LogP contribution in [0, 0.1) is 239 Å². The van der Waals surface area contributed by atoms with E-state index in [-0.39, 0.29) is 0 Å². The number of unbranched alkanes of at least 4 members (excludes halogenated alkanes) is 3. The molecular formula is C96H86BF38N3O3. The zero-order valence-corrected chi connectivity index (χ0v) is 75.4. The molecule has 0 aromatic heterocycles. The Kier molecular flexibility index (Phi) is 48.8. The van der Waals surface area contributed by atoms with Crippen LogP contribution in [0.1, 0.15) is 139 Å². The van der Waals surface area contributed by atoms with Gasteiger partial charge in [-0.1, -0.05) is 101 Å². The van der Waals surface area contributed by atoms with Crippen molar-refractivity contribution < 1.29 is 182 Å². The molecule has 0 bridgehead atoms. The molecule has 0 spiro atoms. The first-order chi connectivity index (χ1) is 66.0. The van der Waals surface area contributed by atoms with E-state index in [2.05, 4.69) is 77.0 Å². The maximum absolute atomic E-state index is 13.9. The molecule has 141 heavy (non-hydrogen) atoms. The summed E-state index contributed by atoms with van der Waals surface area (Å²) in [5.74, 6) is -71.7. The van der Waals surface area contributed by atoms with Gasteiger partial charge >= 0.3 is 7.32 Å². The molecule has 3 N–H and O–H groups in total. The van der Waals surface area contributed by atoms with Gasteiger partial charge in [0.05, 0.1) is 39.3 Å². The van der Waals surface area contributed by atoms with Crippen LogP contribution in [0.4, 0.5) is 184 Å². The fraction of sp³-hybridized carbons (Fsp3) is 0.312. The average Bonchev–Trinajstić information content (AvgIpc) is 0.777. The minimum Gasteiger partial charge on any atom is -0.402 e. The first-order valence-corrected chi connectivity index (χ1v) is 42.3. The third-order valence-corrected chi connectivity index (χ3v) is 20.1. The fourth-order valence-electron chi connectivity index (χ4n) is 13.3. The van der Waals surface area contributed by atoms with Gasteiger partial charge in [0.1, 0.15) is 34.9 Å². The maximum Gasteiger partial charge on any atom is 0.631 e. The molecule has 0 radical (unpaired) electrons. The van der Waals surface area contributed by atoms with Crippen molar-refractivity contribution in [1.82, 2.24) is 0 Å². The van der Waals surface area contributed by atoms with Gasteiger partial charge in [-0.2, -0.15) is 0 Å². The maximum atomic E-state index is 13.9. The van der Waals surface area contributed by atoms with E-state index in [0.717, 1.165) is 135 Å². The van der Waals surface area contributed by atoms with Crippen LogP contribution in [-0.4, -0.2) is 61.7 Å². The average molecular weight is 2060 g/mol. The summed E-state index contributed by atoms with van der Waals surface area (Å²) in [7, 11) is -2.17. The minimum absolute atomic E-state index is 0.297. The first kappa shape index (κ1) is 121. The molecule has 0 saturated heterocycles. The zero-order valence-electron chi connectivity index (χ0n) is 75.4. The molecule has 6 nitrogen and oxygen atoms in total. The summed E-state index contributed by atoms with van der Waals surface area (Å²) < 4.78 is 499. The smallest absolute Gasteiger partial charge is 0.402 e. The van der Waals surface area contributed by atoms with Gasteiger partial charge < -0.3 is 29.8 Å². The quantitative estimate of drug-likeness (QED) is 0.0196. The minimum atomic E-state index is -2.44. The van der Waals surface area contributed by atoms with Crippen LogP contribution >= 0.6 is 0 Å². The lowest BCUT2D eigenvalue weighted by Crippen LogP contribution is -2.30. The van der Waals surface area contributed by atoms with Gasteiger partial charge in [0, 0.05) is 79.7 Å². The van der Waals surface area contributed by atoms with Gasteiger partial charge in [-0.25, -0.2) is 167 Å². The molecule has 0 aliphatic rings. The van der Waals surface area contributed by atoms with Crippen LogP contribution in [0.15, 0.2) is 103 Å². The number of anilines is 3. The highest BCUT2D eigenvalue weighted by atomic mass is 19.2. The Morgan fingerprint density at radius 3 is 0.518 bits per heavy atom. The van der Waals surface area contributed by atoms with Crippen LogP contribution in [0.5, 0.6) is 0 Å². The van der Waals surface area contributed by atoms with Crippen LogP contribution in [0.3, 0.4) is 0 Å². The monoisotopic (exact) mass is 2060 g/mol. The first-order valence-electron chi connectivity index (χ1n) is 42.3. The summed E-state index contributed by atoms with van der Waals surface area (Å²) in [5, 5.41) is 21.5. The Labute approximate surface area is 783 Å². The number of hydrogen-bond donors (Lipinski definition) is 3. The van der Waals surface area contributed by atoms with Crippen molar-refractivity contribution in [2.45, 2.75) is 139 Å². The van der Waals surface area contributed by atoms with Crippen LogP contribution in [0.25, 0.3) is 44.5 Å². The summed E-state index contributed by atoms with van der Waals surface area (Å²) in [6.07, 6.45) is 13.1. The van der Waals surface area contributed by atoms with Crippen molar-refractivity contribution in [3.05, 3.63) is 324 Å². The summed E-state index contributed by atoms with van der Waals surface area (Å²) >= 11 is 0. The molecule has 11 aromatic carbocycles. The van der Waals surface area contributed by atoms with Crippen LogP contribution in [-0.2, 0) is 0 Å². The number of rotatable bonds is 28. The van der Waals surface area contributed by atoms with E-state index in [1.54, 1.807) is 18.2 Å². The highest BCUT2D eigenvalue weighted by molar-refractivity contribution is 6.30. The number of nitrogens with zero attached hydrogens (tertiary/aromatic N) is 3. The Bertz CT molecular complexity index is 5250. The topological polar surface area (TPSA) is 70.4 Å². The molecule has 0 aliphatic heterocycles. The zero-order chi connectivity index (χ0) is 107. The Balaban J connectivity index is 0.000000341. The summed E-state index contributed by atoms with van der Waals surface area (Å²) in [6, 6.07) is 14.2. The van der Waals surface area contributed by atoms with E-state index in [9.17, 15) is 167 Å². The van der Waals surface area contributed by atoms with Crippen molar-refractivity contribution in [2.24, 2.45) is 17.8 Å². The Morgan fingerprint density at radius 1 is 0.206 bits per heavy atom. The van der Waals surface area contributed by atoms with Crippen molar-refractivity contribution in [3.8, 4) is 44.5 Å². The van der Waals surface area contributed by atoms with Gasteiger partial charge in [-0.3, -0.25) is 0 Å². The lowest BCUT2D eigenvalue weighted by molar-refractivity contribution is 0.278. The Hall–Kier alpha value is -11.9. The van der Waals surface area contributed by atoms with E-state index in [1.807, 2.05) is 0 Å². The molecule has 11 rings (SSSR count). The molecule has 0 fully saturated rings. The summed E-state index contributed by atoms with van der Waals surface area (Å²) in [5.41, 5.74) is -10.2. The fourth-order valence-corrected chi connectivity index (χ4v) is 13.3. The van der Waals surface area contributed by atoms with Crippen molar-refractivity contribution in [1.29, 1.82) is 0 Å². The van der Waals surface area contributed by atoms with Crippen molar-refractivity contribution in [2.75, 3.05) is 54.0 Å². The lowest BCUT2D eigenvalue weighted by atomic mass is 10.0. The third-order valence-electron chi connectivity index (χ3n) is 20.1. The molecule has 45 heteroatoms. The summed E-state index contributed by atoms with van der Waals surface area (Å²) in [4.78, 5) is 6.16. The van der Waals surface area contributed by atoms with Gasteiger partial charge in [-0.15, -0.1) is 0 Å². The number of benzene rings is 11. The van der Waals surface area contributed by atoms with E-state index in [1.165, 1.54) is 18.2 Å². The van der Waals surface area contributed by atoms with Gasteiger partial charge in [-0.05, 0) is 141 Å². The lowest BCUT2D eigenvalue weighted by Gasteiger charge is -2.28. The summed E-state index contributed by atoms with van der Waals surface area (Å²) in [6.45, 7) is 24.4. The number of halogens is 38. The van der Waals surface area contributed by atoms with E-state index in [0.29, 0.717) is 83.3 Å². The second kappa shape index (κ2) is 56.7. The van der Waals surface area contributed by atoms with Crippen molar-refractivity contribution >= 4 is 24.4 Å².